The van der Waals surface area contributed by atoms with Crippen LogP contribution in [0.1, 0.15) is 33.9 Å². The molecule has 1 saturated heterocycles. The van der Waals surface area contributed by atoms with Crippen molar-refractivity contribution in [3.8, 4) is 5.82 Å². The van der Waals surface area contributed by atoms with Crippen molar-refractivity contribution >= 4 is 18.3 Å². The molecule has 1 unspecified atom stereocenters. The molecule has 0 amide bonds. The maximum atomic E-state index is 11.4. The van der Waals surface area contributed by atoms with E-state index in [4.69, 9.17) is 15.9 Å². The molecule has 3 N–H and O–H groups in total. The molecule has 0 saturated carbocycles. The summed E-state index contributed by atoms with van der Waals surface area (Å²) in [6.07, 6.45) is 5.32. The fourth-order valence-electron chi connectivity index (χ4n) is 3.07. The van der Waals surface area contributed by atoms with E-state index >= 15 is 0 Å². The van der Waals surface area contributed by atoms with Gasteiger partial charge in [-0.25, -0.2) is 14.6 Å². The summed E-state index contributed by atoms with van der Waals surface area (Å²) in [6, 6.07) is 0.415. The Kier molecular flexibility index (Phi) is 5.38. The summed E-state index contributed by atoms with van der Waals surface area (Å²) in [5.74, 6) is 1.10. The molecule has 9 heteroatoms. The minimum absolute atomic E-state index is 0.216. The predicted octanol–water partition coefficient (Wildman–Crippen LogP) is 0.626. The Hall–Kier alpha value is -2.65. The van der Waals surface area contributed by atoms with Gasteiger partial charge in [-0.3, -0.25) is 4.79 Å². The number of nitrogens with zero attached hydrogens (tertiary/aromatic N) is 5. The third kappa shape index (κ3) is 3.63. The summed E-state index contributed by atoms with van der Waals surface area (Å²) >= 11 is 0. The van der Waals surface area contributed by atoms with Crippen LogP contribution in [0, 0.1) is 12.3 Å². The Morgan fingerprint density at radius 1 is 1.50 bits per heavy atom. The van der Waals surface area contributed by atoms with Crippen LogP contribution in [0.25, 0.3) is 5.82 Å². The third-order valence-corrected chi connectivity index (χ3v) is 4.63. The van der Waals surface area contributed by atoms with Crippen molar-refractivity contribution in [2.24, 2.45) is 0 Å². The Morgan fingerprint density at radius 3 is 2.96 bits per heavy atom. The van der Waals surface area contributed by atoms with Crippen LogP contribution >= 0.6 is 0 Å². The van der Waals surface area contributed by atoms with Crippen LogP contribution in [0.15, 0.2) is 6.20 Å². The lowest BCUT2D eigenvalue weighted by molar-refractivity contribution is 0.111. The van der Waals surface area contributed by atoms with Crippen molar-refractivity contribution in [1.82, 2.24) is 24.6 Å². The lowest BCUT2D eigenvalue weighted by Gasteiger charge is -2.22. The highest BCUT2D eigenvalue weighted by molar-refractivity contribution is 5.87. The Labute approximate surface area is 151 Å². The van der Waals surface area contributed by atoms with E-state index in [9.17, 15) is 4.79 Å². The molecular weight excluding hydrogens is 334 g/mol. The van der Waals surface area contributed by atoms with Gasteiger partial charge >= 0.3 is 0 Å². The molecule has 1 aliphatic rings. The largest absolute Gasteiger partial charge is 0.383 e. The van der Waals surface area contributed by atoms with Crippen molar-refractivity contribution in [3.05, 3.63) is 28.8 Å². The summed E-state index contributed by atoms with van der Waals surface area (Å²) in [7, 11) is 2.06. The second-order valence-corrected chi connectivity index (χ2v) is 6.39. The van der Waals surface area contributed by atoms with Crippen LogP contribution in [0.5, 0.6) is 0 Å². The highest BCUT2D eigenvalue weighted by atomic mass is 16.5. The van der Waals surface area contributed by atoms with Crippen molar-refractivity contribution in [2.75, 3.05) is 32.5 Å². The summed E-state index contributed by atoms with van der Waals surface area (Å²) in [4.78, 5) is 22.1. The normalized spacial score (nSPS) is 17.0. The van der Waals surface area contributed by atoms with Gasteiger partial charge in [0.05, 0.1) is 12.2 Å². The SMILES string of the molecule is Cc1nc(N)c(C=N)c(-n2cc(CCN(C)C3CCOC3)c(C=O)n2)n1. The smallest absolute Gasteiger partial charge is 0.170 e. The molecule has 9 nitrogen and oxygen atoms in total. The van der Waals surface area contributed by atoms with Crippen molar-refractivity contribution in [2.45, 2.75) is 25.8 Å². The van der Waals surface area contributed by atoms with Gasteiger partial charge in [-0.15, -0.1) is 0 Å². The molecule has 3 heterocycles. The van der Waals surface area contributed by atoms with E-state index in [0.29, 0.717) is 35.4 Å². The number of aromatic nitrogens is 4. The molecule has 0 radical (unpaired) electrons. The zero-order chi connectivity index (χ0) is 18.7. The summed E-state index contributed by atoms with van der Waals surface area (Å²) < 4.78 is 6.93. The minimum atomic E-state index is 0.216. The second-order valence-electron chi connectivity index (χ2n) is 6.39. The first-order valence-corrected chi connectivity index (χ1v) is 8.50. The van der Waals surface area contributed by atoms with E-state index < -0.39 is 0 Å². The maximum absolute atomic E-state index is 11.4. The number of carbonyl (C=O) groups is 1. The summed E-state index contributed by atoms with van der Waals surface area (Å²) in [6.45, 7) is 4.06. The van der Waals surface area contributed by atoms with Crippen molar-refractivity contribution < 1.29 is 9.53 Å². The van der Waals surface area contributed by atoms with Gasteiger partial charge in [-0.05, 0) is 26.8 Å². The number of aryl methyl sites for hydroxylation is 1. The summed E-state index contributed by atoms with van der Waals surface area (Å²) in [5, 5.41) is 11.9. The number of hydrogen-bond donors (Lipinski definition) is 2. The first-order valence-electron chi connectivity index (χ1n) is 8.50. The number of nitrogens with one attached hydrogen (secondary N) is 1. The molecule has 26 heavy (non-hydrogen) atoms. The molecule has 0 bridgehead atoms. The second kappa shape index (κ2) is 7.71. The lowest BCUT2D eigenvalue weighted by Crippen LogP contribution is -2.33. The maximum Gasteiger partial charge on any atom is 0.170 e. The van der Waals surface area contributed by atoms with E-state index in [1.807, 2.05) is 0 Å². The topological polar surface area (TPSA) is 123 Å². The van der Waals surface area contributed by atoms with E-state index in [1.165, 1.54) is 4.68 Å². The molecule has 2 aromatic rings. The fourth-order valence-corrected chi connectivity index (χ4v) is 3.07. The van der Waals surface area contributed by atoms with Gasteiger partial charge in [0, 0.05) is 37.2 Å². The van der Waals surface area contributed by atoms with Crippen molar-refractivity contribution in [1.29, 1.82) is 5.41 Å². The van der Waals surface area contributed by atoms with Crippen LogP contribution in [-0.2, 0) is 11.2 Å². The molecule has 1 aliphatic heterocycles. The number of rotatable bonds is 7. The number of anilines is 1. The van der Waals surface area contributed by atoms with E-state index in [-0.39, 0.29) is 5.82 Å². The van der Waals surface area contributed by atoms with Gasteiger partial charge in [0.15, 0.2) is 12.1 Å². The molecule has 1 atom stereocenters. The molecule has 1 fully saturated rings. The minimum Gasteiger partial charge on any atom is -0.383 e. The van der Waals surface area contributed by atoms with Crippen LogP contribution in [0.2, 0.25) is 0 Å². The summed E-state index contributed by atoms with van der Waals surface area (Å²) in [5.41, 5.74) is 7.46. The zero-order valence-corrected chi connectivity index (χ0v) is 15.0. The van der Waals surface area contributed by atoms with E-state index in [2.05, 4.69) is 27.0 Å². The number of hydrogen-bond acceptors (Lipinski definition) is 8. The lowest BCUT2D eigenvalue weighted by atomic mass is 10.1. The molecule has 0 aromatic carbocycles. The van der Waals surface area contributed by atoms with Crippen LogP contribution in [0.4, 0.5) is 5.82 Å². The number of nitrogens with two attached hydrogens (primary N) is 1. The number of likely N-dealkylation sites (N-methyl/N-ethyl adjacent to an activating group) is 1. The van der Waals surface area contributed by atoms with Crippen molar-refractivity contribution in [3.63, 3.8) is 0 Å². The quantitative estimate of drug-likeness (QED) is 0.550. The standard InChI is InChI=1S/C17H23N7O2/c1-11-20-16(19)14(7-18)17(21-11)24-8-12(15(9-25)22-24)3-5-23(2)13-4-6-26-10-13/h7-9,13,18H,3-6,10H2,1-2H3,(H2,19,20,21). The Bertz CT molecular complexity index is 812. The number of nitrogen functional groups attached to an aromatic ring is 1. The average Bonchev–Trinajstić information content (AvgIpc) is 3.28. The van der Waals surface area contributed by atoms with Gasteiger partial charge < -0.3 is 20.8 Å². The predicted molar refractivity (Wildman–Crippen MR) is 97.1 cm³/mol. The van der Waals surface area contributed by atoms with Gasteiger partial charge in [-0.1, -0.05) is 0 Å². The molecule has 0 spiro atoms. The first-order chi connectivity index (χ1) is 12.5. The third-order valence-electron chi connectivity index (χ3n) is 4.63. The van der Waals surface area contributed by atoms with Gasteiger partial charge in [0.2, 0.25) is 0 Å². The molecule has 2 aromatic heterocycles. The molecule has 0 aliphatic carbocycles. The van der Waals surface area contributed by atoms with Crippen LogP contribution < -0.4 is 5.73 Å². The van der Waals surface area contributed by atoms with Gasteiger partial charge in [0.25, 0.3) is 0 Å². The number of aldehydes is 1. The molecular formula is C17H23N7O2. The van der Waals surface area contributed by atoms with Crippen LogP contribution in [-0.4, -0.2) is 70.0 Å². The monoisotopic (exact) mass is 357 g/mol. The van der Waals surface area contributed by atoms with Gasteiger partial charge in [0.1, 0.15) is 17.3 Å². The number of ether oxygens (including phenoxy) is 1. The van der Waals surface area contributed by atoms with Crippen LogP contribution in [0.3, 0.4) is 0 Å². The van der Waals surface area contributed by atoms with E-state index in [0.717, 1.165) is 44.2 Å². The Balaban J connectivity index is 1.85. The first kappa shape index (κ1) is 18.2. The average molecular weight is 357 g/mol. The number of carbonyl (C=O) groups excluding carboxylic acids is 1. The highest BCUT2D eigenvalue weighted by Gasteiger charge is 2.21. The van der Waals surface area contributed by atoms with E-state index in [1.54, 1.807) is 13.1 Å². The Morgan fingerprint density at radius 2 is 2.31 bits per heavy atom. The fraction of sp³-hybridized carbons (Fsp3) is 0.471. The zero-order valence-electron chi connectivity index (χ0n) is 15.0. The molecule has 138 valence electrons. The molecule has 3 rings (SSSR count). The van der Waals surface area contributed by atoms with Gasteiger partial charge in [-0.2, -0.15) is 5.10 Å². The highest BCUT2D eigenvalue weighted by Crippen LogP contribution is 2.18.